The van der Waals surface area contributed by atoms with Gasteiger partial charge in [0.1, 0.15) is 5.01 Å². The number of hydrogen-bond acceptors (Lipinski definition) is 6. The maximum absolute atomic E-state index is 13.0. The summed E-state index contributed by atoms with van der Waals surface area (Å²) in [5, 5.41) is 5.75. The Morgan fingerprint density at radius 1 is 1.03 bits per heavy atom. The SMILES string of the molecule is CC(C)(C)c1ccc(C(=O)N2CCN(Cc3cc(=O)n4nc(-c5cccc(Cl)c5)sc4n3)CC2)cc1. The highest BCUT2D eigenvalue weighted by molar-refractivity contribution is 7.19. The van der Waals surface area contributed by atoms with E-state index in [-0.39, 0.29) is 16.9 Å². The van der Waals surface area contributed by atoms with Gasteiger partial charge < -0.3 is 4.90 Å². The van der Waals surface area contributed by atoms with Gasteiger partial charge in [0.25, 0.3) is 11.5 Å². The fourth-order valence-corrected chi connectivity index (χ4v) is 5.42. The lowest BCUT2D eigenvalue weighted by atomic mass is 9.86. The van der Waals surface area contributed by atoms with Crippen molar-refractivity contribution in [1.82, 2.24) is 24.4 Å². The lowest BCUT2D eigenvalue weighted by Crippen LogP contribution is -2.48. The van der Waals surface area contributed by atoms with E-state index in [2.05, 4.69) is 30.8 Å². The van der Waals surface area contributed by atoms with Crippen molar-refractivity contribution in [3.05, 3.63) is 86.8 Å². The van der Waals surface area contributed by atoms with Crippen LogP contribution in [-0.4, -0.2) is 56.5 Å². The predicted octanol–water partition coefficient (Wildman–Crippen LogP) is 4.73. The number of hydrogen-bond donors (Lipinski definition) is 0. The van der Waals surface area contributed by atoms with E-state index in [4.69, 9.17) is 16.6 Å². The van der Waals surface area contributed by atoms with Crippen molar-refractivity contribution < 1.29 is 4.79 Å². The van der Waals surface area contributed by atoms with Crippen LogP contribution in [0.1, 0.15) is 42.4 Å². The normalized spacial score (nSPS) is 14.9. The molecule has 3 heterocycles. The summed E-state index contributed by atoms with van der Waals surface area (Å²) in [5.41, 5.74) is 3.35. The van der Waals surface area contributed by atoms with E-state index in [0.717, 1.165) is 24.2 Å². The highest BCUT2D eigenvalue weighted by Crippen LogP contribution is 2.27. The maximum Gasteiger partial charge on any atom is 0.275 e. The van der Waals surface area contributed by atoms with Crippen molar-refractivity contribution in [1.29, 1.82) is 0 Å². The van der Waals surface area contributed by atoms with Gasteiger partial charge in [0, 0.05) is 54.9 Å². The summed E-state index contributed by atoms with van der Waals surface area (Å²) >= 11 is 7.47. The molecule has 0 spiro atoms. The molecule has 0 bridgehead atoms. The molecule has 7 nitrogen and oxygen atoms in total. The largest absolute Gasteiger partial charge is 0.336 e. The first-order valence-electron chi connectivity index (χ1n) is 12.0. The summed E-state index contributed by atoms with van der Waals surface area (Å²) < 4.78 is 1.34. The van der Waals surface area contributed by atoms with Gasteiger partial charge in [0.05, 0.1) is 5.69 Å². The zero-order valence-corrected chi connectivity index (χ0v) is 22.1. The molecule has 1 fully saturated rings. The number of carbonyl (C=O) groups is 1. The fourth-order valence-electron chi connectivity index (χ4n) is 4.31. The van der Waals surface area contributed by atoms with Crippen LogP contribution < -0.4 is 5.56 Å². The van der Waals surface area contributed by atoms with Crippen LogP contribution in [0.3, 0.4) is 0 Å². The van der Waals surface area contributed by atoms with Crippen LogP contribution in [0.2, 0.25) is 5.02 Å². The number of amides is 1. The van der Waals surface area contributed by atoms with Gasteiger partial charge >= 0.3 is 0 Å². The number of benzene rings is 2. The van der Waals surface area contributed by atoms with Gasteiger partial charge in [-0.15, -0.1) is 0 Å². The van der Waals surface area contributed by atoms with Gasteiger partial charge in [0.2, 0.25) is 4.96 Å². The quantitative estimate of drug-likeness (QED) is 0.388. The third kappa shape index (κ3) is 5.21. The molecule has 9 heteroatoms. The second-order valence-electron chi connectivity index (χ2n) is 10.1. The summed E-state index contributed by atoms with van der Waals surface area (Å²) in [4.78, 5) is 35.1. The fraction of sp³-hybridized carbons (Fsp3) is 0.333. The Morgan fingerprint density at radius 2 is 1.75 bits per heavy atom. The zero-order valence-electron chi connectivity index (χ0n) is 20.6. The first-order chi connectivity index (χ1) is 17.2. The van der Waals surface area contributed by atoms with Crippen LogP contribution in [-0.2, 0) is 12.0 Å². The molecule has 1 aliphatic heterocycles. The maximum atomic E-state index is 13.0. The molecule has 0 saturated carbocycles. The van der Waals surface area contributed by atoms with E-state index >= 15 is 0 Å². The number of halogens is 1. The lowest BCUT2D eigenvalue weighted by molar-refractivity contribution is 0.0627. The third-order valence-electron chi connectivity index (χ3n) is 6.41. The first-order valence-corrected chi connectivity index (χ1v) is 13.1. The minimum Gasteiger partial charge on any atom is -0.336 e. The van der Waals surface area contributed by atoms with Crippen molar-refractivity contribution >= 4 is 33.8 Å². The average molecular weight is 522 g/mol. The molecule has 36 heavy (non-hydrogen) atoms. The number of carbonyl (C=O) groups excluding carboxylic acids is 1. The van der Waals surface area contributed by atoms with Gasteiger partial charge in [-0.2, -0.15) is 9.61 Å². The first kappa shape index (κ1) is 24.6. The number of nitrogens with zero attached hydrogens (tertiary/aromatic N) is 5. The van der Waals surface area contributed by atoms with Crippen molar-refractivity contribution in [3.8, 4) is 10.6 Å². The second-order valence-corrected chi connectivity index (χ2v) is 11.5. The second kappa shape index (κ2) is 9.76. The molecule has 1 saturated heterocycles. The van der Waals surface area contributed by atoms with E-state index in [1.165, 1.54) is 21.4 Å². The Hall–Kier alpha value is -3.07. The molecule has 186 valence electrons. The Labute approximate surface area is 219 Å². The molecular weight excluding hydrogens is 494 g/mol. The van der Waals surface area contributed by atoms with Gasteiger partial charge in [-0.1, -0.05) is 68.0 Å². The molecule has 1 aliphatic rings. The van der Waals surface area contributed by atoms with Crippen LogP contribution in [0.5, 0.6) is 0 Å². The van der Waals surface area contributed by atoms with Gasteiger partial charge in [0.15, 0.2) is 0 Å². The summed E-state index contributed by atoms with van der Waals surface area (Å²) in [6.45, 7) is 9.78. The number of aromatic nitrogens is 3. The molecule has 2 aromatic heterocycles. The van der Waals surface area contributed by atoms with Crippen molar-refractivity contribution in [2.75, 3.05) is 26.2 Å². The molecule has 0 atom stereocenters. The number of rotatable bonds is 4. The number of piperazine rings is 1. The Bertz CT molecular complexity index is 1460. The average Bonchev–Trinajstić information content (AvgIpc) is 3.29. The minimum atomic E-state index is -0.202. The molecule has 0 unspecified atom stereocenters. The Morgan fingerprint density at radius 3 is 2.42 bits per heavy atom. The number of fused-ring (bicyclic) bond motifs is 1. The summed E-state index contributed by atoms with van der Waals surface area (Å²) in [7, 11) is 0. The monoisotopic (exact) mass is 521 g/mol. The molecule has 2 aromatic carbocycles. The summed E-state index contributed by atoms with van der Waals surface area (Å²) in [6, 6.07) is 16.9. The summed E-state index contributed by atoms with van der Waals surface area (Å²) in [6.07, 6.45) is 0. The van der Waals surface area contributed by atoms with Crippen molar-refractivity contribution in [2.24, 2.45) is 0 Å². The van der Waals surface area contributed by atoms with Gasteiger partial charge in [-0.25, -0.2) is 4.98 Å². The Balaban J connectivity index is 1.24. The standard InChI is InChI=1S/C27H28ClN5O2S/c1-27(2,3)20-9-7-18(8-10-20)25(35)32-13-11-31(12-14-32)17-22-16-23(34)33-26(29-22)36-24(30-33)19-5-4-6-21(28)15-19/h4-10,15-16H,11-14,17H2,1-3H3. The smallest absolute Gasteiger partial charge is 0.275 e. The highest BCUT2D eigenvalue weighted by atomic mass is 35.5. The molecule has 0 N–H and O–H groups in total. The Kier molecular flexibility index (Phi) is 6.68. The minimum absolute atomic E-state index is 0.0583. The van der Waals surface area contributed by atoms with Crippen molar-refractivity contribution in [3.63, 3.8) is 0 Å². The van der Waals surface area contributed by atoms with E-state index in [1.807, 2.05) is 47.4 Å². The topological polar surface area (TPSA) is 70.8 Å². The van der Waals surface area contributed by atoms with Gasteiger partial charge in [-0.05, 0) is 35.2 Å². The van der Waals surface area contributed by atoms with Crippen LogP contribution in [0.4, 0.5) is 0 Å². The van der Waals surface area contributed by atoms with E-state index in [9.17, 15) is 9.59 Å². The van der Waals surface area contributed by atoms with Crippen LogP contribution in [0.25, 0.3) is 15.5 Å². The van der Waals surface area contributed by atoms with E-state index in [1.54, 1.807) is 12.1 Å². The van der Waals surface area contributed by atoms with E-state index < -0.39 is 0 Å². The van der Waals surface area contributed by atoms with Gasteiger partial charge in [-0.3, -0.25) is 14.5 Å². The highest BCUT2D eigenvalue weighted by Gasteiger charge is 2.23. The van der Waals surface area contributed by atoms with Crippen LogP contribution in [0, 0.1) is 0 Å². The summed E-state index contributed by atoms with van der Waals surface area (Å²) in [5.74, 6) is 0.0612. The molecule has 0 radical (unpaired) electrons. The third-order valence-corrected chi connectivity index (χ3v) is 7.61. The van der Waals surface area contributed by atoms with Crippen LogP contribution in [0.15, 0.2) is 59.4 Å². The molecule has 5 rings (SSSR count). The molecule has 1 amide bonds. The predicted molar refractivity (Wildman–Crippen MR) is 144 cm³/mol. The molecule has 0 aliphatic carbocycles. The molecular formula is C27H28ClN5O2S. The van der Waals surface area contributed by atoms with Crippen LogP contribution >= 0.6 is 22.9 Å². The van der Waals surface area contributed by atoms with E-state index in [0.29, 0.717) is 40.3 Å². The lowest BCUT2D eigenvalue weighted by Gasteiger charge is -2.34. The van der Waals surface area contributed by atoms with Crippen molar-refractivity contribution in [2.45, 2.75) is 32.7 Å². The molecule has 4 aromatic rings. The zero-order chi connectivity index (χ0) is 25.4.